The Morgan fingerprint density at radius 2 is 1.90 bits per heavy atom. The van der Waals surface area contributed by atoms with Crippen molar-refractivity contribution in [3.8, 4) is 5.69 Å². The molecule has 2 aromatic rings. The highest BCUT2D eigenvalue weighted by Crippen LogP contribution is 2.22. The smallest absolute Gasteiger partial charge is 0.0991 e. The van der Waals surface area contributed by atoms with E-state index in [2.05, 4.69) is 53.4 Å². The molecule has 3 rings (SSSR count). The molecule has 1 aliphatic heterocycles. The summed E-state index contributed by atoms with van der Waals surface area (Å²) in [5.41, 5.74) is 2.87. The second-order valence-electron chi connectivity index (χ2n) is 6.22. The van der Waals surface area contributed by atoms with E-state index in [9.17, 15) is 0 Å². The van der Waals surface area contributed by atoms with Crippen LogP contribution in [0.3, 0.4) is 0 Å². The molecule has 1 saturated heterocycles. The highest BCUT2D eigenvalue weighted by Gasteiger charge is 2.27. The third-order valence-electron chi connectivity index (χ3n) is 4.71. The molecule has 1 N–H and O–H groups in total. The van der Waals surface area contributed by atoms with Gasteiger partial charge in [0.2, 0.25) is 0 Å². The number of likely N-dealkylation sites (tertiary alicyclic amines) is 1. The lowest BCUT2D eigenvalue weighted by atomic mass is 9.90. The number of hydrogen-bond donors (Lipinski definition) is 1. The first kappa shape index (κ1) is 14.3. The Hall–Kier alpha value is -1.65. The SMILES string of the molecule is CNC1(C)CCN(Cc2ccc(-n3ccnc3)cc2)CC1. The van der Waals surface area contributed by atoms with E-state index in [1.54, 1.807) is 6.20 Å². The fraction of sp³-hybridized carbons (Fsp3) is 0.471. The molecule has 4 heteroatoms. The number of aromatic nitrogens is 2. The van der Waals surface area contributed by atoms with Gasteiger partial charge in [-0.15, -0.1) is 0 Å². The van der Waals surface area contributed by atoms with Crippen LogP contribution in [-0.4, -0.2) is 40.1 Å². The summed E-state index contributed by atoms with van der Waals surface area (Å²) >= 11 is 0. The van der Waals surface area contributed by atoms with Crippen LogP contribution in [0.25, 0.3) is 5.69 Å². The molecule has 0 saturated carbocycles. The maximum Gasteiger partial charge on any atom is 0.0991 e. The van der Waals surface area contributed by atoms with Gasteiger partial charge in [-0.25, -0.2) is 4.98 Å². The number of nitrogens with one attached hydrogen (secondary N) is 1. The maximum atomic E-state index is 4.09. The van der Waals surface area contributed by atoms with Crippen LogP contribution in [0.2, 0.25) is 0 Å². The van der Waals surface area contributed by atoms with E-state index in [0.29, 0.717) is 5.54 Å². The lowest BCUT2D eigenvalue weighted by Gasteiger charge is -2.39. The van der Waals surface area contributed by atoms with Gasteiger partial charge in [0.15, 0.2) is 0 Å². The highest BCUT2D eigenvalue weighted by atomic mass is 15.1. The van der Waals surface area contributed by atoms with Gasteiger partial charge >= 0.3 is 0 Å². The quantitative estimate of drug-likeness (QED) is 0.936. The molecule has 0 amide bonds. The molecular formula is C17H24N4. The number of imidazole rings is 1. The van der Waals surface area contributed by atoms with Gasteiger partial charge < -0.3 is 9.88 Å². The second-order valence-corrected chi connectivity index (χ2v) is 6.22. The van der Waals surface area contributed by atoms with Crippen LogP contribution in [0, 0.1) is 0 Å². The van der Waals surface area contributed by atoms with Gasteiger partial charge in [-0.05, 0) is 44.5 Å². The Bertz CT molecular complexity index is 551. The Kier molecular flexibility index (Phi) is 4.08. The Morgan fingerprint density at radius 1 is 1.19 bits per heavy atom. The van der Waals surface area contributed by atoms with Gasteiger partial charge in [-0.1, -0.05) is 12.1 Å². The third-order valence-corrected chi connectivity index (χ3v) is 4.71. The number of nitrogens with zero attached hydrogens (tertiary/aromatic N) is 3. The first-order valence-corrected chi connectivity index (χ1v) is 7.67. The first-order chi connectivity index (χ1) is 10.2. The van der Waals surface area contributed by atoms with Crippen molar-refractivity contribution >= 4 is 0 Å². The summed E-state index contributed by atoms with van der Waals surface area (Å²) in [4.78, 5) is 6.63. The molecule has 1 aromatic heterocycles. The molecule has 1 aromatic carbocycles. The van der Waals surface area contributed by atoms with Crippen LogP contribution in [0.5, 0.6) is 0 Å². The standard InChI is InChI=1S/C17H24N4/c1-17(18-2)7-10-20(11-8-17)13-15-3-5-16(6-4-15)21-12-9-19-14-21/h3-6,9,12,14,18H,7-8,10-11,13H2,1-2H3. The van der Waals surface area contributed by atoms with Gasteiger partial charge in [0.05, 0.1) is 6.33 Å². The van der Waals surface area contributed by atoms with Crippen molar-refractivity contribution in [2.24, 2.45) is 0 Å². The Morgan fingerprint density at radius 3 is 2.48 bits per heavy atom. The predicted octanol–water partition coefficient (Wildman–Crippen LogP) is 2.45. The average molecular weight is 284 g/mol. The monoisotopic (exact) mass is 284 g/mol. The van der Waals surface area contributed by atoms with E-state index < -0.39 is 0 Å². The van der Waals surface area contributed by atoms with Crippen LogP contribution in [0.15, 0.2) is 43.0 Å². The van der Waals surface area contributed by atoms with Crippen molar-refractivity contribution in [2.75, 3.05) is 20.1 Å². The topological polar surface area (TPSA) is 33.1 Å². The van der Waals surface area contributed by atoms with Crippen molar-refractivity contribution in [1.29, 1.82) is 0 Å². The van der Waals surface area contributed by atoms with Crippen LogP contribution in [-0.2, 0) is 6.54 Å². The lowest BCUT2D eigenvalue weighted by molar-refractivity contribution is 0.146. The molecule has 0 spiro atoms. The highest BCUT2D eigenvalue weighted by molar-refractivity contribution is 5.34. The number of rotatable bonds is 4. The van der Waals surface area contributed by atoms with E-state index in [4.69, 9.17) is 0 Å². The Labute approximate surface area is 126 Å². The predicted molar refractivity (Wildman–Crippen MR) is 85.5 cm³/mol. The molecule has 1 aliphatic rings. The maximum absolute atomic E-state index is 4.09. The fourth-order valence-electron chi connectivity index (χ4n) is 2.90. The molecule has 112 valence electrons. The van der Waals surface area contributed by atoms with Crippen molar-refractivity contribution in [3.05, 3.63) is 48.5 Å². The second kappa shape index (κ2) is 6.00. The summed E-state index contributed by atoms with van der Waals surface area (Å²) in [6.45, 7) is 5.70. The van der Waals surface area contributed by atoms with E-state index >= 15 is 0 Å². The molecule has 4 nitrogen and oxygen atoms in total. The largest absolute Gasteiger partial charge is 0.314 e. The molecule has 21 heavy (non-hydrogen) atoms. The van der Waals surface area contributed by atoms with Gasteiger partial charge in [0.25, 0.3) is 0 Å². The van der Waals surface area contributed by atoms with E-state index in [-0.39, 0.29) is 0 Å². The average Bonchev–Trinajstić information content (AvgIpc) is 3.05. The molecule has 0 unspecified atom stereocenters. The number of benzene rings is 1. The zero-order chi connectivity index (χ0) is 14.7. The summed E-state index contributed by atoms with van der Waals surface area (Å²) in [7, 11) is 2.07. The zero-order valence-electron chi connectivity index (χ0n) is 12.9. The lowest BCUT2D eigenvalue weighted by Crippen LogP contribution is -2.49. The minimum atomic E-state index is 0.321. The van der Waals surface area contributed by atoms with Gasteiger partial charge in [-0.2, -0.15) is 0 Å². The molecular weight excluding hydrogens is 260 g/mol. The third kappa shape index (κ3) is 3.34. The summed E-state index contributed by atoms with van der Waals surface area (Å²) in [6, 6.07) is 8.78. The van der Waals surface area contributed by atoms with Gasteiger partial charge in [0, 0.05) is 43.3 Å². The molecule has 0 atom stereocenters. The Balaban J connectivity index is 1.59. The van der Waals surface area contributed by atoms with E-state index in [0.717, 1.165) is 12.2 Å². The molecule has 2 heterocycles. The first-order valence-electron chi connectivity index (χ1n) is 7.67. The minimum Gasteiger partial charge on any atom is -0.314 e. The summed E-state index contributed by atoms with van der Waals surface area (Å²) < 4.78 is 2.03. The summed E-state index contributed by atoms with van der Waals surface area (Å²) in [6.07, 6.45) is 8.05. The summed E-state index contributed by atoms with van der Waals surface area (Å²) in [5, 5.41) is 3.45. The van der Waals surface area contributed by atoms with Crippen LogP contribution >= 0.6 is 0 Å². The minimum absolute atomic E-state index is 0.321. The molecule has 0 radical (unpaired) electrons. The van der Waals surface area contributed by atoms with Crippen LogP contribution in [0.1, 0.15) is 25.3 Å². The zero-order valence-corrected chi connectivity index (χ0v) is 12.9. The van der Waals surface area contributed by atoms with E-state index in [1.165, 1.54) is 31.5 Å². The summed E-state index contributed by atoms with van der Waals surface area (Å²) in [5.74, 6) is 0. The fourth-order valence-corrected chi connectivity index (χ4v) is 2.90. The molecule has 1 fully saturated rings. The van der Waals surface area contributed by atoms with Gasteiger partial charge in [-0.3, -0.25) is 4.90 Å². The van der Waals surface area contributed by atoms with Crippen molar-refractivity contribution in [2.45, 2.75) is 31.8 Å². The van der Waals surface area contributed by atoms with E-state index in [1.807, 2.05) is 17.1 Å². The number of hydrogen-bond acceptors (Lipinski definition) is 3. The van der Waals surface area contributed by atoms with Crippen molar-refractivity contribution < 1.29 is 0 Å². The van der Waals surface area contributed by atoms with Crippen molar-refractivity contribution in [3.63, 3.8) is 0 Å². The number of piperidine rings is 1. The van der Waals surface area contributed by atoms with Crippen LogP contribution < -0.4 is 5.32 Å². The van der Waals surface area contributed by atoms with Crippen molar-refractivity contribution in [1.82, 2.24) is 19.8 Å². The van der Waals surface area contributed by atoms with Crippen LogP contribution in [0.4, 0.5) is 0 Å². The normalized spacial score (nSPS) is 18.8. The molecule has 0 aliphatic carbocycles. The molecule has 0 bridgehead atoms. The van der Waals surface area contributed by atoms with Gasteiger partial charge in [0.1, 0.15) is 0 Å².